The second-order valence-electron chi connectivity index (χ2n) is 6.80. The molecule has 0 aromatic heterocycles. The number of nitrogens with one attached hydrogen (secondary N) is 2. The van der Waals surface area contributed by atoms with Crippen molar-refractivity contribution in [2.75, 3.05) is 32.0 Å². The predicted octanol–water partition coefficient (Wildman–Crippen LogP) is 3.84. The van der Waals surface area contributed by atoms with Crippen LogP contribution < -0.4 is 10.6 Å². The molecule has 150 valence electrons. The van der Waals surface area contributed by atoms with E-state index in [1.807, 2.05) is 38.1 Å². The van der Waals surface area contributed by atoms with Gasteiger partial charge in [0.1, 0.15) is 0 Å². The summed E-state index contributed by atoms with van der Waals surface area (Å²) >= 11 is 12.0. The van der Waals surface area contributed by atoms with Crippen LogP contribution in [-0.2, 0) is 16.0 Å². The van der Waals surface area contributed by atoms with Crippen LogP contribution in [0.25, 0.3) is 0 Å². The summed E-state index contributed by atoms with van der Waals surface area (Å²) < 4.78 is 0. The number of amides is 2. The van der Waals surface area contributed by atoms with E-state index in [0.717, 1.165) is 22.4 Å². The third kappa shape index (κ3) is 6.82. The van der Waals surface area contributed by atoms with Crippen molar-refractivity contribution in [3.63, 3.8) is 0 Å². The Morgan fingerprint density at radius 1 is 1.04 bits per heavy atom. The summed E-state index contributed by atoms with van der Waals surface area (Å²) in [5, 5.41) is 6.90. The van der Waals surface area contributed by atoms with E-state index in [-0.39, 0.29) is 24.9 Å². The summed E-state index contributed by atoms with van der Waals surface area (Å²) in [4.78, 5) is 26.0. The molecule has 2 aromatic rings. The quantitative estimate of drug-likeness (QED) is 0.680. The van der Waals surface area contributed by atoms with Crippen LogP contribution in [0, 0.1) is 13.8 Å². The molecule has 0 radical (unpaired) electrons. The number of carbonyl (C=O) groups is 2. The van der Waals surface area contributed by atoms with Crippen LogP contribution in [0.15, 0.2) is 36.4 Å². The van der Waals surface area contributed by atoms with Gasteiger partial charge in [0.05, 0.1) is 13.1 Å². The molecule has 0 bridgehead atoms. The molecule has 0 unspecified atom stereocenters. The number of hydrogen-bond donors (Lipinski definition) is 2. The number of hydrogen-bond acceptors (Lipinski definition) is 3. The Morgan fingerprint density at radius 2 is 1.75 bits per heavy atom. The molecule has 5 nitrogen and oxygen atoms in total. The summed E-state index contributed by atoms with van der Waals surface area (Å²) in [6.07, 6.45) is 0.610. The first kappa shape index (κ1) is 22.2. The molecular weight excluding hydrogens is 397 g/mol. The molecule has 7 heteroatoms. The summed E-state index contributed by atoms with van der Waals surface area (Å²) in [5.41, 5.74) is 3.87. The van der Waals surface area contributed by atoms with Gasteiger partial charge in [-0.2, -0.15) is 0 Å². The highest BCUT2D eigenvalue weighted by Gasteiger charge is 2.12. The van der Waals surface area contributed by atoms with E-state index in [2.05, 4.69) is 10.6 Å². The Balaban J connectivity index is 1.74. The van der Waals surface area contributed by atoms with Crippen LogP contribution in [0.5, 0.6) is 0 Å². The second-order valence-corrected chi connectivity index (χ2v) is 7.65. The number of carbonyl (C=O) groups excluding carboxylic acids is 2. The van der Waals surface area contributed by atoms with E-state index in [0.29, 0.717) is 23.0 Å². The number of benzene rings is 2. The fourth-order valence-corrected chi connectivity index (χ4v) is 3.24. The molecule has 0 saturated carbocycles. The summed E-state index contributed by atoms with van der Waals surface area (Å²) in [5.74, 6) is -0.302. The topological polar surface area (TPSA) is 61.4 Å². The number of likely N-dealkylation sites (N-methyl/N-ethyl adjacent to an activating group) is 1. The van der Waals surface area contributed by atoms with Gasteiger partial charge in [0.25, 0.3) is 0 Å². The number of aryl methyl sites for hydroxylation is 1. The highest BCUT2D eigenvalue weighted by molar-refractivity contribution is 6.35. The summed E-state index contributed by atoms with van der Waals surface area (Å²) in [6.45, 7) is 4.69. The Bertz CT molecular complexity index is 856. The minimum atomic E-state index is -0.156. The van der Waals surface area contributed by atoms with Crippen LogP contribution in [0.4, 0.5) is 5.69 Å². The fraction of sp³-hybridized carbons (Fsp3) is 0.333. The normalized spacial score (nSPS) is 10.8. The van der Waals surface area contributed by atoms with Gasteiger partial charge in [0.15, 0.2) is 0 Å². The minimum absolute atomic E-state index is 0.129. The summed E-state index contributed by atoms with van der Waals surface area (Å²) in [7, 11) is 1.73. The zero-order valence-electron chi connectivity index (χ0n) is 16.3. The minimum Gasteiger partial charge on any atom is -0.355 e. The molecule has 2 rings (SSSR count). The van der Waals surface area contributed by atoms with Crippen molar-refractivity contribution in [1.29, 1.82) is 0 Å². The average molecular weight is 422 g/mol. The Labute approximate surface area is 176 Å². The molecule has 0 aliphatic carbocycles. The van der Waals surface area contributed by atoms with E-state index in [1.165, 1.54) is 0 Å². The molecule has 28 heavy (non-hydrogen) atoms. The van der Waals surface area contributed by atoms with E-state index >= 15 is 0 Å². The van der Waals surface area contributed by atoms with E-state index < -0.39 is 0 Å². The number of rotatable bonds is 8. The third-order valence-electron chi connectivity index (χ3n) is 4.44. The highest BCUT2D eigenvalue weighted by Crippen LogP contribution is 2.21. The molecule has 0 saturated heterocycles. The van der Waals surface area contributed by atoms with Gasteiger partial charge in [0, 0.05) is 22.3 Å². The molecule has 0 aliphatic rings. The van der Waals surface area contributed by atoms with Crippen LogP contribution in [-0.4, -0.2) is 43.4 Å². The van der Waals surface area contributed by atoms with Gasteiger partial charge in [-0.25, -0.2) is 0 Å². The first-order valence-corrected chi connectivity index (χ1v) is 9.77. The first-order valence-electron chi connectivity index (χ1n) is 9.01. The van der Waals surface area contributed by atoms with Crippen molar-refractivity contribution in [3.05, 3.63) is 63.1 Å². The lowest BCUT2D eigenvalue weighted by Crippen LogP contribution is -2.39. The number of halogens is 2. The Kier molecular flexibility index (Phi) is 8.30. The highest BCUT2D eigenvalue weighted by atomic mass is 35.5. The van der Waals surface area contributed by atoms with Crippen molar-refractivity contribution in [2.24, 2.45) is 0 Å². The van der Waals surface area contributed by atoms with Crippen LogP contribution in [0.1, 0.15) is 16.7 Å². The fourth-order valence-electron chi connectivity index (χ4n) is 2.74. The maximum absolute atomic E-state index is 12.2. The van der Waals surface area contributed by atoms with Gasteiger partial charge in [-0.05, 0) is 62.2 Å². The Hall–Kier alpha value is -2.08. The lowest BCUT2D eigenvalue weighted by molar-refractivity contribution is -0.122. The van der Waals surface area contributed by atoms with Crippen molar-refractivity contribution in [3.8, 4) is 0 Å². The predicted molar refractivity (Wildman–Crippen MR) is 115 cm³/mol. The smallest absolute Gasteiger partial charge is 0.238 e. The van der Waals surface area contributed by atoms with Gasteiger partial charge in [-0.1, -0.05) is 41.4 Å². The molecular formula is C21H25Cl2N3O2. The van der Waals surface area contributed by atoms with E-state index in [1.54, 1.807) is 24.1 Å². The van der Waals surface area contributed by atoms with Crippen LogP contribution >= 0.6 is 23.2 Å². The maximum atomic E-state index is 12.2. The van der Waals surface area contributed by atoms with Gasteiger partial charge < -0.3 is 10.6 Å². The van der Waals surface area contributed by atoms with E-state index in [9.17, 15) is 9.59 Å². The van der Waals surface area contributed by atoms with Crippen molar-refractivity contribution >= 4 is 40.7 Å². The summed E-state index contributed by atoms with van der Waals surface area (Å²) in [6, 6.07) is 11.1. The zero-order chi connectivity index (χ0) is 20.7. The molecule has 2 aromatic carbocycles. The van der Waals surface area contributed by atoms with E-state index in [4.69, 9.17) is 23.2 Å². The van der Waals surface area contributed by atoms with Crippen molar-refractivity contribution in [1.82, 2.24) is 10.2 Å². The lowest BCUT2D eigenvalue weighted by Gasteiger charge is -2.17. The molecule has 0 atom stereocenters. The molecule has 0 fully saturated rings. The molecule has 2 N–H and O–H groups in total. The maximum Gasteiger partial charge on any atom is 0.238 e. The van der Waals surface area contributed by atoms with Gasteiger partial charge in [-0.3, -0.25) is 14.5 Å². The molecule has 0 aliphatic heterocycles. The van der Waals surface area contributed by atoms with Gasteiger partial charge >= 0.3 is 0 Å². The van der Waals surface area contributed by atoms with Gasteiger partial charge in [0.2, 0.25) is 11.8 Å². The average Bonchev–Trinajstić information content (AvgIpc) is 2.60. The first-order chi connectivity index (χ1) is 13.3. The van der Waals surface area contributed by atoms with Crippen molar-refractivity contribution in [2.45, 2.75) is 20.3 Å². The lowest BCUT2D eigenvalue weighted by atomic mass is 10.1. The molecule has 0 spiro atoms. The standard InChI is InChI=1S/C21H25Cl2N3O2/c1-14-5-4-6-19(15(14)2)25-21(28)13-26(3)12-20(27)24-10-9-16-7-8-17(22)11-18(16)23/h4-8,11H,9-10,12-13H2,1-3H3,(H,24,27)(H,25,28). The largest absolute Gasteiger partial charge is 0.355 e. The second kappa shape index (κ2) is 10.5. The SMILES string of the molecule is Cc1cccc(NC(=O)CN(C)CC(=O)NCCc2ccc(Cl)cc2Cl)c1C. The zero-order valence-corrected chi connectivity index (χ0v) is 17.8. The Morgan fingerprint density at radius 3 is 2.46 bits per heavy atom. The number of nitrogens with zero attached hydrogens (tertiary/aromatic N) is 1. The monoisotopic (exact) mass is 421 g/mol. The number of anilines is 1. The molecule has 0 heterocycles. The van der Waals surface area contributed by atoms with Crippen LogP contribution in [0.3, 0.4) is 0 Å². The molecule has 2 amide bonds. The van der Waals surface area contributed by atoms with Crippen LogP contribution in [0.2, 0.25) is 10.0 Å². The third-order valence-corrected chi connectivity index (χ3v) is 5.02. The van der Waals surface area contributed by atoms with Gasteiger partial charge in [-0.15, -0.1) is 0 Å². The van der Waals surface area contributed by atoms with Crippen molar-refractivity contribution < 1.29 is 9.59 Å².